The number of carbonyl (C=O) groups is 1. The van der Waals surface area contributed by atoms with Crippen molar-refractivity contribution >= 4 is 49.9 Å². The highest BCUT2D eigenvalue weighted by atomic mass is 127. The zero-order valence-electron chi connectivity index (χ0n) is 18.9. The Bertz CT molecular complexity index is 1400. The number of nitrogens with one attached hydrogen (secondary N) is 2. The van der Waals surface area contributed by atoms with Crippen LogP contribution in [-0.4, -0.2) is 57.9 Å². The summed E-state index contributed by atoms with van der Waals surface area (Å²) in [7, 11) is -3.87. The monoisotopic (exact) mass is 639 g/mol. The normalized spacial score (nSPS) is 15.8. The molecule has 4 heterocycles. The minimum absolute atomic E-state index is 0.0704. The first-order valence-electron chi connectivity index (χ1n) is 11.2. The van der Waals surface area contributed by atoms with Crippen molar-refractivity contribution in [1.29, 1.82) is 0 Å². The molecule has 36 heavy (non-hydrogen) atoms. The van der Waals surface area contributed by atoms with Crippen LogP contribution in [0.2, 0.25) is 0 Å². The van der Waals surface area contributed by atoms with Gasteiger partial charge in [0.05, 0.1) is 15.8 Å². The Hall–Kier alpha value is -2.69. The van der Waals surface area contributed by atoms with Crippen LogP contribution in [0.15, 0.2) is 57.4 Å². The Morgan fingerprint density at radius 3 is 2.69 bits per heavy atom. The Kier molecular flexibility index (Phi) is 7.45. The maximum Gasteiger partial charge on any atom is 0.241 e. The van der Waals surface area contributed by atoms with E-state index in [2.05, 4.69) is 52.9 Å². The van der Waals surface area contributed by atoms with Crippen LogP contribution in [0.4, 0.5) is 0 Å². The van der Waals surface area contributed by atoms with Gasteiger partial charge in [-0.2, -0.15) is 4.98 Å². The van der Waals surface area contributed by atoms with Crippen LogP contribution < -0.4 is 4.72 Å². The van der Waals surface area contributed by atoms with Crippen molar-refractivity contribution in [2.24, 2.45) is 0 Å². The zero-order chi connectivity index (χ0) is 25.1. The van der Waals surface area contributed by atoms with Crippen LogP contribution in [0, 0.1) is 3.57 Å². The van der Waals surface area contributed by atoms with Gasteiger partial charge in [-0.3, -0.25) is 9.89 Å². The standard InChI is InChI=1S/C22H22IN7O4S2/c23-15-3-5-16(6-4-15)36(32,33)28-17(18-13-24-29-26-18)12-20(31)30-9-7-14(8-10-30)22-25-21(27-34-22)19-2-1-11-35-19/h1-6,11,13-14,17,28H,7-10,12H2,(H,24,26,29). The molecule has 188 valence electrons. The van der Waals surface area contributed by atoms with Crippen molar-refractivity contribution in [1.82, 2.24) is 35.2 Å². The van der Waals surface area contributed by atoms with Crippen LogP contribution in [0.25, 0.3) is 10.7 Å². The van der Waals surface area contributed by atoms with E-state index in [1.54, 1.807) is 28.4 Å². The molecule has 0 spiro atoms. The Balaban J connectivity index is 1.23. The average Bonchev–Trinajstić information content (AvgIpc) is 3.66. The molecule has 1 amide bonds. The van der Waals surface area contributed by atoms with E-state index in [1.807, 2.05) is 17.5 Å². The zero-order valence-corrected chi connectivity index (χ0v) is 22.7. The molecule has 5 rings (SSSR count). The predicted octanol–water partition coefficient (Wildman–Crippen LogP) is 3.34. The summed E-state index contributed by atoms with van der Waals surface area (Å²) in [6.07, 6.45) is 2.77. The summed E-state index contributed by atoms with van der Waals surface area (Å²) in [5.74, 6) is 1.06. The van der Waals surface area contributed by atoms with E-state index in [-0.39, 0.29) is 23.1 Å². The van der Waals surface area contributed by atoms with Crippen molar-refractivity contribution < 1.29 is 17.7 Å². The highest BCUT2D eigenvalue weighted by Gasteiger charge is 2.31. The molecular formula is C22H22IN7O4S2. The number of thiophene rings is 1. The number of carbonyl (C=O) groups excluding carboxylic acids is 1. The molecule has 1 aliphatic heterocycles. The lowest BCUT2D eigenvalue weighted by molar-refractivity contribution is -0.132. The first kappa shape index (κ1) is 25.0. The minimum Gasteiger partial charge on any atom is -0.343 e. The summed E-state index contributed by atoms with van der Waals surface area (Å²) in [5, 5.41) is 16.3. The Morgan fingerprint density at radius 1 is 1.25 bits per heavy atom. The van der Waals surface area contributed by atoms with E-state index in [0.29, 0.717) is 43.3 Å². The van der Waals surface area contributed by atoms with Gasteiger partial charge >= 0.3 is 0 Å². The Labute approximate surface area is 224 Å². The molecule has 1 aromatic carbocycles. The van der Waals surface area contributed by atoms with Crippen LogP contribution >= 0.6 is 33.9 Å². The molecule has 0 aliphatic carbocycles. The number of rotatable bonds is 8. The molecule has 2 N–H and O–H groups in total. The number of likely N-dealkylation sites (tertiary alicyclic amines) is 1. The fraction of sp³-hybridized carbons (Fsp3) is 0.318. The first-order chi connectivity index (χ1) is 17.4. The maximum absolute atomic E-state index is 13.2. The number of aromatic nitrogens is 5. The van der Waals surface area contributed by atoms with Crippen molar-refractivity contribution in [2.45, 2.75) is 36.1 Å². The molecule has 1 atom stereocenters. The molecule has 0 saturated carbocycles. The summed E-state index contributed by atoms with van der Waals surface area (Å²) >= 11 is 3.66. The molecule has 14 heteroatoms. The molecule has 3 aromatic heterocycles. The second-order valence-electron chi connectivity index (χ2n) is 8.32. The molecule has 1 fully saturated rings. The molecule has 0 bridgehead atoms. The fourth-order valence-electron chi connectivity index (χ4n) is 4.04. The predicted molar refractivity (Wildman–Crippen MR) is 139 cm³/mol. The van der Waals surface area contributed by atoms with E-state index in [9.17, 15) is 13.2 Å². The van der Waals surface area contributed by atoms with Crippen LogP contribution in [-0.2, 0) is 14.8 Å². The summed E-state index contributed by atoms with van der Waals surface area (Å²) < 4.78 is 35.0. The Morgan fingerprint density at radius 2 is 2.03 bits per heavy atom. The lowest BCUT2D eigenvalue weighted by Crippen LogP contribution is -2.40. The summed E-state index contributed by atoms with van der Waals surface area (Å²) in [6.45, 7) is 1.02. The number of hydrogen-bond donors (Lipinski definition) is 2. The van der Waals surface area contributed by atoms with E-state index >= 15 is 0 Å². The van der Waals surface area contributed by atoms with E-state index in [0.717, 1.165) is 8.45 Å². The van der Waals surface area contributed by atoms with Gasteiger partial charge in [-0.05, 0) is 71.1 Å². The van der Waals surface area contributed by atoms with Crippen LogP contribution in [0.1, 0.15) is 42.8 Å². The average molecular weight is 640 g/mol. The lowest BCUT2D eigenvalue weighted by Gasteiger charge is -2.31. The summed E-state index contributed by atoms with van der Waals surface area (Å²) in [4.78, 5) is 20.5. The van der Waals surface area contributed by atoms with Crippen LogP contribution in [0.5, 0.6) is 0 Å². The topological polar surface area (TPSA) is 147 Å². The first-order valence-corrected chi connectivity index (χ1v) is 14.6. The van der Waals surface area contributed by atoms with Gasteiger partial charge in [-0.15, -0.1) is 16.4 Å². The van der Waals surface area contributed by atoms with Gasteiger partial charge in [-0.1, -0.05) is 16.4 Å². The third-order valence-electron chi connectivity index (χ3n) is 5.97. The van der Waals surface area contributed by atoms with Crippen molar-refractivity contribution in [3.8, 4) is 10.7 Å². The number of amides is 1. The SMILES string of the molecule is O=C(CC(NS(=O)(=O)c1ccc(I)cc1)c1c[nH]nn1)N1CCC(c2nc(-c3cccs3)no2)CC1. The molecule has 1 saturated heterocycles. The minimum atomic E-state index is -3.87. The van der Waals surface area contributed by atoms with Crippen molar-refractivity contribution in [3.05, 3.63) is 63.1 Å². The number of nitrogens with zero attached hydrogens (tertiary/aromatic N) is 5. The van der Waals surface area contributed by atoms with Gasteiger partial charge < -0.3 is 9.42 Å². The van der Waals surface area contributed by atoms with E-state index < -0.39 is 16.1 Å². The van der Waals surface area contributed by atoms with Crippen LogP contribution in [0.3, 0.4) is 0 Å². The number of benzene rings is 1. The number of halogens is 1. The van der Waals surface area contributed by atoms with Gasteiger partial charge in [-0.25, -0.2) is 13.1 Å². The number of piperidine rings is 1. The van der Waals surface area contributed by atoms with E-state index in [1.165, 1.54) is 18.3 Å². The lowest BCUT2D eigenvalue weighted by atomic mass is 9.96. The van der Waals surface area contributed by atoms with Gasteiger partial charge in [0.1, 0.15) is 5.69 Å². The second kappa shape index (κ2) is 10.7. The quantitative estimate of drug-likeness (QED) is 0.279. The summed E-state index contributed by atoms with van der Waals surface area (Å²) in [5.41, 5.74) is 0.347. The van der Waals surface area contributed by atoms with Gasteiger partial charge in [0.2, 0.25) is 27.6 Å². The van der Waals surface area contributed by atoms with Crippen molar-refractivity contribution in [2.75, 3.05) is 13.1 Å². The molecule has 11 nitrogen and oxygen atoms in total. The summed E-state index contributed by atoms with van der Waals surface area (Å²) in [6, 6.07) is 9.49. The third kappa shape index (κ3) is 5.66. The number of H-pyrrole nitrogens is 1. The number of hydrogen-bond acceptors (Lipinski definition) is 9. The number of aromatic amines is 1. The molecule has 1 aliphatic rings. The van der Waals surface area contributed by atoms with Gasteiger partial charge in [0, 0.05) is 35.2 Å². The maximum atomic E-state index is 13.2. The van der Waals surface area contributed by atoms with E-state index in [4.69, 9.17) is 4.52 Å². The van der Waals surface area contributed by atoms with Gasteiger partial charge in [0.15, 0.2) is 0 Å². The molecular weight excluding hydrogens is 617 g/mol. The van der Waals surface area contributed by atoms with Crippen molar-refractivity contribution in [3.63, 3.8) is 0 Å². The number of sulfonamides is 1. The second-order valence-corrected chi connectivity index (χ2v) is 12.2. The molecule has 1 unspecified atom stereocenters. The third-order valence-corrected chi connectivity index (χ3v) is 9.05. The smallest absolute Gasteiger partial charge is 0.241 e. The molecule has 4 aromatic rings. The largest absolute Gasteiger partial charge is 0.343 e. The molecule has 0 radical (unpaired) electrons. The highest BCUT2D eigenvalue weighted by Crippen LogP contribution is 2.30. The van der Waals surface area contributed by atoms with Gasteiger partial charge in [0.25, 0.3) is 0 Å². The fourth-order valence-corrected chi connectivity index (χ4v) is 6.26. The highest BCUT2D eigenvalue weighted by molar-refractivity contribution is 14.1.